The Morgan fingerprint density at radius 3 is 2.85 bits per heavy atom. The van der Waals surface area contributed by atoms with Gasteiger partial charge in [-0.3, -0.25) is 0 Å². The van der Waals surface area contributed by atoms with Crippen molar-refractivity contribution in [3.8, 4) is 0 Å². The van der Waals surface area contributed by atoms with E-state index >= 15 is 0 Å². The van der Waals surface area contributed by atoms with E-state index in [1.165, 1.54) is 25.9 Å². The highest BCUT2D eigenvalue weighted by molar-refractivity contribution is 9.10. The van der Waals surface area contributed by atoms with Crippen molar-refractivity contribution in [1.82, 2.24) is 9.88 Å². The maximum atomic E-state index is 3.70. The summed E-state index contributed by atoms with van der Waals surface area (Å²) in [6.45, 7) is 5.09. The molecule has 0 spiro atoms. The van der Waals surface area contributed by atoms with Crippen molar-refractivity contribution in [1.29, 1.82) is 0 Å². The molecule has 104 valence electrons. The van der Waals surface area contributed by atoms with E-state index < -0.39 is 0 Å². The molecule has 3 aromatic rings. The van der Waals surface area contributed by atoms with Gasteiger partial charge in [0.05, 0.1) is 0 Å². The molecule has 0 fully saturated rings. The summed E-state index contributed by atoms with van der Waals surface area (Å²) in [5.41, 5.74) is 2.60. The zero-order chi connectivity index (χ0) is 13.9. The van der Waals surface area contributed by atoms with Crippen LogP contribution in [-0.4, -0.2) is 11.1 Å². The van der Waals surface area contributed by atoms with E-state index in [1.54, 1.807) is 11.3 Å². The standard InChI is InChI=1S/C16H17BrN2S/c1-12-16(17)14-6-2-3-7-15(14)19(12)9-8-18-11-13-5-4-10-20-13/h2-7,10,18H,8-9,11H2,1H3. The van der Waals surface area contributed by atoms with Gasteiger partial charge in [0.25, 0.3) is 0 Å². The summed E-state index contributed by atoms with van der Waals surface area (Å²) in [6, 6.07) is 12.8. The molecule has 2 aromatic heterocycles. The number of hydrogen-bond acceptors (Lipinski definition) is 2. The molecule has 0 radical (unpaired) electrons. The SMILES string of the molecule is Cc1c(Br)c2ccccc2n1CCNCc1cccs1. The van der Waals surface area contributed by atoms with E-state index in [0.29, 0.717) is 0 Å². The van der Waals surface area contributed by atoms with Crippen LogP contribution >= 0.6 is 27.3 Å². The summed E-state index contributed by atoms with van der Waals surface area (Å²) in [7, 11) is 0. The molecule has 0 saturated heterocycles. The first-order valence-electron chi connectivity index (χ1n) is 6.74. The highest BCUT2D eigenvalue weighted by Gasteiger charge is 2.10. The van der Waals surface area contributed by atoms with Crippen LogP contribution in [0.3, 0.4) is 0 Å². The Morgan fingerprint density at radius 2 is 2.05 bits per heavy atom. The fraction of sp³-hybridized carbons (Fsp3) is 0.250. The number of para-hydroxylation sites is 1. The second-order valence-electron chi connectivity index (χ2n) is 4.82. The van der Waals surface area contributed by atoms with E-state index in [-0.39, 0.29) is 0 Å². The molecule has 0 saturated carbocycles. The van der Waals surface area contributed by atoms with Gasteiger partial charge < -0.3 is 9.88 Å². The van der Waals surface area contributed by atoms with Gasteiger partial charge in [-0.1, -0.05) is 24.3 Å². The number of fused-ring (bicyclic) bond motifs is 1. The second-order valence-corrected chi connectivity index (χ2v) is 6.65. The predicted octanol–water partition coefficient (Wildman–Crippen LogP) is 4.56. The third kappa shape index (κ3) is 2.68. The first kappa shape index (κ1) is 13.9. The topological polar surface area (TPSA) is 17.0 Å². The first-order valence-corrected chi connectivity index (χ1v) is 8.41. The van der Waals surface area contributed by atoms with Crippen LogP contribution in [0.1, 0.15) is 10.6 Å². The molecule has 1 aromatic carbocycles. The lowest BCUT2D eigenvalue weighted by Crippen LogP contribution is -2.19. The summed E-state index contributed by atoms with van der Waals surface area (Å²) in [5.74, 6) is 0. The van der Waals surface area contributed by atoms with E-state index in [9.17, 15) is 0 Å². The van der Waals surface area contributed by atoms with Gasteiger partial charge >= 0.3 is 0 Å². The molecule has 1 N–H and O–H groups in total. The van der Waals surface area contributed by atoms with Crippen molar-refractivity contribution < 1.29 is 0 Å². The molecular weight excluding hydrogens is 332 g/mol. The molecule has 2 heterocycles. The Balaban J connectivity index is 1.70. The average molecular weight is 349 g/mol. The van der Waals surface area contributed by atoms with E-state index in [4.69, 9.17) is 0 Å². The number of nitrogens with one attached hydrogen (secondary N) is 1. The summed E-state index contributed by atoms with van der Waals surface area (Å²) >= 11 is 5.50. The number of halogens is 1. The summed E-state index contributed by atoms with van der Waals surface area (Å²) in [6.07, 6.45) is 0. The minimum absolute atomic E-state index is 0.955. The van der Waals surface area contributed by atoms with Gasteiger partial charge in [0, 0.05) is 45.6 Å². The minimum Gasteiger partial charge on any atom is -0.342 e. The molecule has 20 heavy (non-hydrogen) atoms. The molecule has 4 heteroatoms. The Kier molecular flexibility index (Phi) is 4.24. The molecule has 2 nitrogen and oxygen atoms in total. The van der Waals surface area contributed by atoms with Crippen LogP contribution in [0.5, 0.6) is 0 Å². The minimum atomic E-state index is 0.955. The number of rotatable bonds is 5. The smallest absolute Gasteiger partial charge is 0.0494 e. The summed E-state index contributed by atoms with van der Waals surface area (Å²) in [5, 5.41) is 6.93. The third-order valence-corrected chi connectivity index (χ3v) is 5.42. The van der Waals surface area contributed by atoms with Crippen LogP contribution < -0.4 is 5.32 Å². The van der Waals surface area contributed by atoms with E-state index in [1.807, 2.05) is 0 Å². The van der Waals surface area contributed by atoms with Gasteiger partial charge in [0.15, 0.2) is 0 Å². The number of nitrogens with zero attached hydrogens (tertiary/aromatic N) is 1. The largest absolute Gasteiger partial charge is 0.342 e. The van der Waals surface area contributed by atoms with Crippen molar-refractivity contribution in [2.45, 2.75) is 20.0 Å². The number of hydrogen-bond donors (Lipinski definition) is 1. The normalized spacial score (nSPS) is 11.3. The Bertz CT molecular complexity index is 701. The fourth-order valence-corrected chi connectivity index (χ4v) is 3.72. The zero-order valence-corrected chi connectivity index (χ0v) is 13.8. The van der Waals surface area contributed by atoms with E-state index in [2.05, 4.69) is 74.5 Å². The molecule has 0 amide bonds. The monoisotopic (exact) mass is 348 g/mol. The Morgan fingerprint density at radius 1 is 1.20 bits per heavy atom. The third-order valence-electron chi connectivity index (χ3n) is 3.55. The molecule has 3 rings (SSSR count). The quantitative estimate of drug-likeness (QED) is 0.668. The maximum Gasteiger partial charge on any atom is 0.0494 e. The number of benzene rings is 1. The van der Waals surface area contributed by atoms with Crippen LogP contribution in [0.4, 0.5) is 0 Å². The average Bonchev–Trinajstić information content (AvgIpc) is 3.06. The predicted molar refractivity (Wildman–Crippen MR) is 90.4 cm³/mol. The van der Waals surface area contributed by atoms with Crippen molar-refractivity contribution in [3.63, 3.8) is 0 Å². The van der Waals surface area contributed by atoms with Crippen LogP contribution in [0.15, 0.2) is 46.3 Å². The van der Waals surface area contributed by atoms with Gasteiger partial charge in [-0.25, -0.2) is 0 Å². The van der Waals surface area contributed by atoms with Crippen molar-refractivity contribution in [2.24, 2.45) is 0 Å². The molecule has 0 aliphatic rings. The zero-order valence-electron chi connectivity index (χ0n) is 11.4. The molecule has 0 unspecified atom stereocenters. The van der Waals surface area contributed by atoms with Crippen LogP contribution in [-0.2, 0) is 13.1 Å². The summed E-state index contributed by atoms with van der Waals surface area (Å²) in [4.78, 5) is 1.39. The number of aromatic nitrogens is 1. The lowest BCUT2D eigenvalue weighted by molar-refractivity contribution is 0.604. The molecule has 0 aliphatic carbocycles. The van der Waals surface area contributed by atoms with Crippen LogP contribution in [0.25, 0.3) is 10.9 Å². The fourth-order valence-electron chi connectivity index (χ4n) is 2.49. The van der Waals surface area contributed by atoms with Gasteiger partial charge in [0.1, 0.15) is 0 Å². The highest BCUT2D eigenvalue weighted by atomic mass is 79.9. The van der Waals surface area contributed by atoms with Gasteiger partial charge in [-0.05, 0) is 40.4 Å². The molecule has 0 bridgehead atoms. The van der Waals surface area contributed by atoms with Crippen molar-refractivity contribution in [2.75, 3.05) is 6.54 Å². The second kappa shape index (κ2) is 6.12. The molecule has 0 atom stereocenters. The maximum absolute atomic E-state index is 3.70. The van der Waals surface area contributed by atoms with Crippen molar-refractivity contribution >= 4 is 38.2 Å². The van der Waals surface area contributed by atoms with E-state index in [0.717, 1.165) is 19.6 Å². The van der Waals surface area contributed by atoms with Gasteiger partial charge in [0.2, 0.25) is 0 Å². The number of thiophene rings is 1. The van der Waals surface area contributed by atoms with Gasteiger partial charge in [-0.2, -0.15) is 0 Å². The van der Waals surface area contributed by atoms with Gasteiger partial charge in [-0.15, -0.1) is 11.3 Å². The summed E-state index contributed by atoms with van der Waals surface area (Å²) < 4.78 is 3.59. The highest BCUT2D eigenvalue weighted by Crippen LogP contribution is 2.30. The molecule has 0 aliphatic heterocycles. The van der Waals surface area contributed by atoms with Crippen LogP contribution in [0.2, 0.25) is 0 Å². The Hall–Kier alpha value is -1.10. The molecular formula is C16H17BrN2S. The van der Waals surface area contributed by atoms with Crippen LogP contribution in [0, 0.1) is 6.92 Å². The Labute approximate surface area is 131 Å². The first-order chi connectivity index (χ1) is 9.77. The van der Waals surface area contributed by atoms with Crippen molar-refractivity contribution in [3.05, 3.63) is 56.8 Å². The lowest BCUT2D eigenvalue weighted by atomic mass is 10.2. The lowest BCUT2D eigenvalue weighted by Gasteiger charge is -2.09.